The minimum atomic E-state index is -0.0826. The number of nitrogens with one attached hydrogen (secondary N) is 1. The Kier molecular flexibility index (Phi) is 4.21. The van der Waals surface area contributed by atoms with Crippen LogP contribution < -0.4 is 5.32 Å². The number of furan rings is 1. The molecule has 0 bridgehead atoms. The van der Waals surface area contributed by atoms with Crippen LogP contribution in [0.25, 0.3) is 0 Å². The van der Waals surface area contributed by atoms with Gasteiger partial charge in [-0.3, -0.25) is 0 Å². The van der Waals surface area contributed by atoms with Gasteiger partial charge in [0.2, 0.25) is 5.13 Å². The Morgan fingerprint density at radius 3 is 2.74 bits per heavy atom. The molecule has 2 aromatic rings. The van der Waals surface area contributed by atoms with E-state index in [4.69, 9.17) is 9.52 Å². The van der Waals surface area contributed by atoms with Crippen molar-refractivity contribution in [3.05, 3.63) is 29.2 Å². The van der Waals surface area contributed by atoms with Crippen LogP contribution in [0.3, 0.4) is 0 Å². The first kappa shape index (κ1) is 14.0. The zero-order valence-electron chi connectivity index (χ0n) is 11.4. The predicted molar refractivity (Wildman–Crippen MR) is 75.4 cm³/mol. The summed E-state index contributed by atoms with van der Waals surface area (Å²) in [7, 11) is 0. The lowest BCUT2D eigenvalue weighted by molar-refractivity contribution is 0.273. The second-order valence-electron chi connectivity index (χ2n) is 5.39. The lowest BCUT2D eigenvalue weighted by atomic mass is 9.98. The Morgan fingerprint density at radius 1 is 1.42 bits per heavy atom. The van der Waals surface area contributed by atoms with Gasteiger partial charge in [0.15, 0.2) is 0 Å². The molecular formula is C13H19N3O2S. The molecule has 0 aliphatic heterocycles. The van der Waals surface area contributed by atoms with E-state index >= 15 is 0 Å². The maximum absolute atomic E-state index is 9.13. The molecule has 0 aliphatic carbocycles. The molecule has 0 saturated heterocycles. The summed E-state index contributed by atoms with van der Waals surface area (Å²) in [5.74, 6) is 0.793. The van der Waals surface area contributed by atoms with Crippen LogP contribution in [0.15, 0.2) is 22.8 Å². The second kappa shape index (κ2) is 5.71. The van der Waals surface area contributed by atoms with E-state index in [1.807, 2.05) is 12.1 Å². The normalized spacial score (nSPS) is 13.5. The summed E-state index contributed by atoms with van der Waals surface area (Å²) in [5, 5.41) is 22.5. The standard InChI is InChI=1S/C13H19N3O2S/c1-13(2,3)11-15-16-12(19-11)14-9(6-7-17)10-5-4-8-18-10/h4-5,8-9,17H,6-7H2,1-3H3,(H,14,16). The Balaban J connectivity index is 2.11. The molecule has 0 radical (unpaired) electrons. The molecule has 2 aromatic heterocycles. The van der Waals surface area contributed by atoms with Gasteiger partial charge in [-0.15, -0.1) is 10.2 Å². The first-order valence-corrected chi connectivity index (χ1v) is 7.07. The van der Waals surface area contributed by atoms with Gasteiger partial charge < -0.3 is 14.8 Å². The van der Waals surface area contributed by atoms with Gasteiger partial charge in [0, 0.05) is 12.0 Å². The molecule has 2 N–H and O–H groups in total. The average Bonchev–Trinajstić information content (AvgIpc) is 2.98. The van der Waals surface area contributed by atoms with E-state index in [0.717, 1.165) is 15.9 Å². The van der Waals surface area contributed by atoms with Crippen LogP contribution in [-0.2, 0) is 5.41 Å². The van der Waals surface area contributed by atoms with Crippen molar-refractivity contribution in [1.29, 1.82) is 0 Å². The van der Waals surface area contributed by atoms with Crippen molar-refractivity contribution in [2.45, 2.75) is 38.6 Å². The van der Waals surface area contributed by atoms with Gasteiger partial charge in [-0.25, -0.2) is 0 Å². The highest BCUT2D eigenvalue weighted by molar-refractivity contribution is 7.15. The highest BCUT2D eigenvalue weighted by Gasteiger charge is 2.21. The van der Waals surface area contributed by atoms with Gasteiger partial charge in [0.1, 0.15) is 10.8 Å². The summed E-state index contributed by atoms with van der Waals surface area (Å²) in [5.41, 5.74) is -0.00520. The predicted octanol–water partition coefficient (Wildman–Crippen LogP) is 2.96. The molecule has 0 fully saturated rings. The van der Waals surface area contributed by atoms with E-state index in [0.29, 0.717) is 6.42 Å². The van der Waals surface area contributed by atoms with Gasteiger partial charge in [-0.1, -0.05) is 32.1 Å². The van der Waals surface area contributed by atoms with Crippen molar-refractivity contribution < 1.29 is 9.52 Å². The van der Waals surface area contributed by atoms with Crippen LogP contribution in [0.5, 0.6) is 0 Å². The minimum Gasteiger partial charge on any atom is -0.467 e. The number of aliphatic hydroxyl groups is 1. The fourth-order valence-corrected chi connectivity index (χ4v) is 2.49. The lowest BCUT2D eigenvalue weighted by Crippen LogP contribution is -2.11. The first-order chi connectivity index (χ1) is 9.00. The summed E-state index contributed by atoms with van der Waals surface area (Å²) >= 11 is 1.53. The van der Waals surface area contributed by atoms with Crippen LogP contribution in [0.2, 0.25) is 0 Å². The number of aromatic nitrogens is 2. The largest absolute Gasteiger partial charge is 0.467 e. The number of rotatable bonds is 5. The molecule has 19 heavy (non-hydrogen) atoms. The van der Waals surface area contributed by atoms with Crippen LogP contribution >= 0.6 is 11.3 Å². The van der Waals surface area contributed by atoms with E-state index in [9.17, 15) is 0 Å². The van der Waals surface area contributed by atoms with Crippen molar-refractivity contribution in [1.82, 2.24) is 10.2 Å². The number of nitrogens with zero attached hydrogens (tertiary/aromatic N) is 2. The molecule has 0 spiro atoms. The second-order valence-corrected chi connectivity index (χ2v) is 6.36. The fraction of sp³-hybridized carbons (Fsp3) is 0.538. The maximum Gasteiger partial charge on any atom is 0.206 e. The Hall–Kier alpha value is -1.40. The summed E-state index contributed by atoms with van der Waals surface area (Å²) in [4.78, 5) is 0. The van der Waals surface area contributed by atoms with Gasteiger partial charge in [0.25, 0.3) is 0 Å². The molecule has 6 heteroatoms. The molecule has 104 valence electrons. The van der Waals surface area contributed by atoms with Gasteiger partial charge >= 0.3 is 0 Å². The van der Waals surface area contributed by atoms with Crippen LogP contribution in [0.1, 0.15) is 44.0 Å². The zero-order chi connectivity index (χ0) is 13.9. The third kappa shape index (κ3) is 3.54. The van der Waals surface area contributed by atoms with Gasteiger partial charge in [-0.05, 0) is 18.6 Å². The Bertz CT molecular complexity index is 502. The van der Waals surface area contributed by atoms with Crippen LogP contribution in [0.4, 0.5) is 5.13 Å². The van der Waals surface area contributed by atoms with Crippen LogP contribution in [-0.4, -0.2) is 21.9 Å². The van der Waals surface area contributed by atoms with E-state index < -0.39 is 0 Å². The van der Waals surface area contributed by atoms with Gasteiger partial charge in [0.05, 0.1) is 12.3 Å². The maximum atomic E-state index is 9.13. The first-order valence-electron chi connectivity index (χ1n) is 6.25. The quantitative estimate of drug-likeness (QED) is 0.881. The molecule has 0 amide bonds. The van der Waals surface area contributed by atoms with Crippen molar-refractivity contribution in [3.8, 4) is 0 Å². The summed E-state index contributed by atoms with van der Waals surface area (Å²) < 4.78 is 5.38. The average molecular weight is 281 g/mol. The van der Waals surface area contributed by atoms with E-state index in [2.05, 4.69) is 36.3 Å². The lowest BCUT2D eigenvalue weighted by Gasteiger charge is -2.14. The zero-order valence-corrected chi connectivity index (χ0v) is 12.2. The third-order valence-electron chi connectivity index (χ3n) is 2.67. The van der Waals surface area contributed by atoms with Crippen molar-refractivity contribution >= 4 is 16.5 Å². The van der Waals surface area contributed by atoms with E-state index in [1.54, 1.807) is 6.26 Å². The highest BCUT2D eigenvalue weighted by Crippen LogP contribution is 2.30. The minimum absolute atomic E-state index is 0.00520. The van der Waals surface area contributed by atoms with E-state index in [-0.39, 0.29) is 18.1 Å². The topological polar surface area (TPSA) is 71.2 Å². The number of anilines is 1. The SMILES string of the molecule is CC(C)(C)c1nnc(NC(CCO)c2ccco2)s1. The van der Waals surface area contributed by atoms with Crippen molar-refractivity contribution in [2.24, 2.45) is 0 Å². The number of aliphatic hydroxyl groups excluding tert-OH is 1. The molecule has 5 nitrogen and oxygen atoms in total. The molecule has 0 aromatic carbocycles. The Morgan fingerprint density at radius 2 is 2.21 bits per heavy atom. The molecule has 0 aliphatic rings. The number of hydrogen-bond donors (Lipinski definition) is 2. The summed E-state index contributed by atoms with van der Waals surface area (Å²) in [6.45, 7) is 6.41. The smallest absolute Gasteiger partial charge is 0.206 e. The van der Waals surface area contributed by atoms with Crippen molar-refractivity contribution in [2.75, 3.05) is 11.9 Å². The van der Waals surface area contributed by atoms with Gasteiger partial charge in [-0.2, -0.15) is 0 Å². The molecule has 1 unspecified atom stereocenters. The fourth-order valence-electron chi connectivity index (χ4n) is 1.64. The summed E-state index contributed by atoms with van der Waals surface area (Å²) in [6.07, 6.45) is 2.19. The van der Waals surface area contributed by atoms with E-state index in [1.165, 1.54) is 11.3 Å². The van der Waals surface area contributed by atoms with Crippen LogP contribution in [0, 0.1) is 0 Å². The van der Waals surface area contributed by atoms with Crippen molar-refractivity contribution in [3.63, 3.8) is 0 Å². The monoisotopic (exact) mass is 281 g/mol. The molecule has 2 heterocycles. The Labute approximate surface area is 116 Å². The number of hydrogen-bond acceptors (Lipinski definition) is 6. The molecule has 0 saturated carbocycles. The third-order valence-corrected chi connectivity index (χ3v) is 3.95. The highest BCUT2D eigenvalue weighted by atomic mass is 32.1. The molecule has 2 rings (SSSR count). The molecular weight excluding hydrogens is 262 g/mol. The molecule has 1 atom stereocenters. The summed E-state index contributed by atoms with van der Waals surface area (Å²) in [6, 6.07) is 3.64.